The Kier molecular flexibility index (Phi) is 10.7. The molecule has 0 spiro atoms. The minimum absolute atomic E-state index is 0.286. The maximum atomic E-state index is 12.2. The van der Waals surface area contributed by atoms with E-state index in [0.717, 1.165) is 44.9 Å². The van der Waals surface area contributed by atoms with Gasteiger partial charge in [-0.1, -0.05) is 19.3 Å². The number of aliphatic carboxylic acids is 1. The molecule has 0 aromatic carbocycles. The largest absolute Gasteiger partial charge is 0.481 e. The van der Waals surface area contributed by atoms with E-state index >= 15 is 0 Å². The second kappa shape index (κ2) is 13.2. The van der Waals surface area contributed by atoms with Crippen molar-refractivity contribution in [3.63, 3.8) is 0 Å². The molecule has 0 amide bonds. The summed E-state index contributed by atoms with van der Waals surface area (Å²) in [4.78, 5) is 46.2. The molecule has 0 saturated heterocycles. The quantitative estimate of drug-likeness (QED) is 0.219. The first kappa shape index (κ1) is 24.2. The lowest BCUT2D eigenvalue weighted by Gasteiger charge is -2.28. The van der Waals surface area contributed by atoms with Crippen LogP contribution in [-0.4, -0.2) is 48.8 Å². The van der Waals surface area contributed by atoms with Gasteiger partial charge >= 0.3 is 17.9 Å². The average Bonchev–Trinajstić information content (AvgIpc) is 2.75. The van der Waals surface area contributed by atoms with Crippen LogP contribution in [0.15, 0.2) is 0 Å². The predicted octanol–water partition coefficient (Wildman–Crippen LogP) is 3.26. The Bertz CT molecular complexity index is 575. The van der Waals surface area contributed by atoms with Gasteiger partial charge in [0.15, 0.2) is 0 Å². The molecule has 0 heterocycles. The zero-order valence-corrected chi connectivity index (χ0v) is 17.6. The first-order valence-electron chi connectivity index (χ1n) is 11.2. The Morgan fingerprint density at radius 2 is 1.23 bits per heavy atom. The number of ether oxygens (including phenoxy) is 3. The summed E-state index contributed by atoms with van der Waals surface area (Å²) in [5, 5.41) is 9.25. The van der Waals surface area contributed by atoms with Gasteiger partial charge in [-0.25, -0.2) is 0 Å². The second-order valence-corrected chi connectivity index (χ2v) is 8.25. The second-order valence-electron chi connectivity index (χ2n) is 8.25. The number of hydrogen-bond donors (Lipinski definition) is 1. The Balaban J connectivity index is 1.53. The molecule has 2 fully saturated rings. The number of carbonyl (C=O) groups is 4. The lowest BCUT2D eigenvalue weighted by Crippen LogP contribution is -2.34. The summed E-state index contributed by atoms with van der Waals surface area (Å²) in [7, 11) is 0. The van der Waals surface area contributed by atoms with Gasteiger partial charge < -0.3 is 19.3 Å². The van der Waals surface area contributed by atoms with Crippen LogP contribution in [0.3, 0.4) is 0 Å². The third-order valence-corrected chi connectivity index (χ3v) is 6.15. The summed E-state index contributed by atoms with van der Waals surface area (Å²) in [6.07, 6.45) is 8.82. The Hall–Kier alpha value is -2.12. The Morgan fingerprint density at radius 1 is 0.733 bits per heavy atom. The van der Waals surface area contributed by atoms with Crippen LogP contribution in [0.25, 0.3) is 0 Å². The molecule has 8 nitrogen and oxygen atoms in total. The van der Waals surface area contributed by atoms with Crippen molar-refractivity contribution in [3.05, 3.63) is 0 Å². The molecule has 0 bridgehead atoms. The standard InChI is InChI=1S/C22H34O8/c23-15-30-19-12-6-5-11-18(19)22(27)29-14-8-2-1-7-13-28-21(26)17-10-4-3-9-16(17)20(24)25/h15-19H,1-14H2,(H,24,25)/t16-,17+,18+,19-/m0/s1. The van der Waals surface area contributed by atoms with Crippen LogP contribution in [0.2, 0.25) is 0 Å². The average molecular weight is 427 g/mol. The third kappa shape index (κ3) is 7.61. The van der Waals surface area contributed by atoms with Crippen LogP contribution in [0, 0.1) is 17.8 Å². The van der Waals surface area contributed by atoms with Gasteiger partial charge in [0.2, 0.25) is 0 Å². The molecule has 0 unspecified atom stereocenters. The van der Waals surface area contributed by atoms with E-state index in [2.05, 4.69) is 0 Å². The van der Waals surface area contributed by atoms with E-state index in [-0.39, 0.29) is 24.6 Å². The Morgan fingerprint density at radius 3 is 1.80 bits per heavy atom. The predicted molar refractivity (Wildman–Crippen MR) is 106 cm³/mol. The fourth-order valence-electron chi connectivity index (χ4n) is 4.43. The highest BCUT2D eigenvalue weighted by atomic mass is 16.5. The van der Waals surface area contributed by atoms with Crippen LogP contribution < -0.4 is 0 Å². The summed E-state index contributed by atoms with van der Waals surface area (Å²) in [6.45, 7) is 1.01. The van der Waals surface area contributed by atoms with Crippen LogP contribution in [0.5, 0.6) is 0 Å². The summed E-state index contributed by atoms with van der Waals surface area (Å²) < 4.78 is 15.6. The lowest BCUT2D eigenvalue weighted by molar-refractivity contribution is -0.160. The molecule has 2 aliphatic rings. The summed E-state index contributed by atoms with van der Waals surface area (Å²) >= 11 is 0. The lowest BCUT2D eigenvalue weighted by atomic mass is 9.79. The fourth-order valence-corrected chi connectivity index (χ4v) is 4.43. The Labute approximate surface area is 177 Å². The molecule has 1 N–H and O–H groups in total. The van der Waals surface area contributed by atoms with E-state index in [0.29, 0.717) is 45.2 Å². The molecule has 0 radical (unpaired) electrons. The minimum Gasteiger partial charge on any atom is -0.481 e. The van der Waals surface area contributed by atoms with Crippen molar-refractivity contribution in [2.45, 2.75) is 83.2 Å². The maximum absolute atomic E-state index is 12.2. The number of unbranched alkanes of at least 4 members (excludes halogenated alkanes) is 3. The fraction of sp³-hybridized carbons (Fsp3) is 0.818. The molecule has 2 saturated carbocycles. The van der Waals surface area contributed by atoms with Gasteiger partial charge in [-0.3, -0.25) is 19.2 Å². The van der Waals surface area contributed by atoms with Crippen molar-refractivity contribution in [1.29, 1.82) is 0 Å². The molecule has 2 rings (SSSR count). The van der Waals surface area contributed by atoms with Crippen LogP contribution in [0.4, 0.5) is 0 Å². The zero-order valence-electron chi connectivity index (χ0n) is 17.6. The van der Waals surface area contributed by atoms with E-state index in [1.807, 2.05) is 0 Å². The van der Waals surface area contributed by atoms with E-state index < -0.39 is 23.8 Å². The number of rotatable bonds is 12. The monoisotopic (exact) mass is 426 g/mol. The molecule has 2 aliphatic carbocycles. The van der Waals surface area contributed by atoms with Gasteiger partial charge in [0.25, 0.3) is 6.47 Å². The van der Waals surface area contributed by atoms with E-state index in [1.165, 1.54) is 0 Å². The number of carbonyl (C=O) groups excluding carboxylic acids is 3. The first-order valence-corrected chi connectivity index (χ1v) is 11.2. The highest BCUT2D eigenvalue weighted by Gasteiger charge is 2.36. The highest BCUT2D eigenvalue weighted by molar-refractivity contribution is 5.81. The normalized spacial score (nSPS) is 26.4. The van der Waals surface area contributed by atoms with Gasteiger partial charge in [0.1, 0.15) is 6.10 Å². The molecule has 4 atom stereocenters. The topological polar surface area (TPSA) is 116 Å². The highest BCUT2D eigenvalue weighted by Crippen LogP contribution is 2.31. The molecular formula is C22H34O8. The van der Waals surface area contributed by atoms with Crippen LogP contribution in [0.1, 0.15) is 77.0 Å². The minimum atomic E-state index is -0.913. The number of carboxylic acid groups (broad SMARTS) is 1. The van der Waals surface area contributed by atoms with Crippen molar-refractivity contribution < 1.29 is 38.5 Å². The summed E-state index contributed by atoms with van der Waals surface area (Å²) in [5.41, 5.74) is 0. The van der Waals surface area contributed by atoms with Gasteiger partial charge in [-0.2, -0.15) is 0 Å². The zero-order chi connectivity index (χ0) is 21.8. The number of esters is 2. The smallest absolute Gasteiger partial charge is 0.312 e. The van der Waals surface area contributed by atoms with Crippen molar-refractivity contribution in [3.8, 4) is 0 Å². The molecule has 170 valence electrons. The van der Waals surface area contributed by atoms with E-state index in [4.69, 9.17) is 14.2 Å². The van der Waals surface area contributed by atoms with Crippen molar-refractivity contribution in [2.75, 3.05) is 13.2 Å². The van der Waals surface area contributed by atoms with Gasteiger partial charge in [0.05, 0.1) is 31.0 Å². The molecular weight excluding hydrogens is 392 g/mol. The molecule has 0 aromatic heterocycles. The van der Waals surface area contributed by atoms with Crippen molar-refractivity contribution in [2.24, 2.45) is 17.8 Å². The SMILES string of the molecule is O=CO[C@H]1CCCC[C@H]1C(=O)OCCCCCCOC(=O)[C@@H]1CCCC[C@@H]1C(=O)O. The van der Waals surface area contributed by atoms with Gasteiger partial charge in [0, 0.05) is 0 Å². The summed E-state index contributed by atoms with van der Waals surface area (Å²) in [5.74, 6) is -3.11. The van der Waals surface area contributed by atoms with Gasteiger partial charge in [-0.05, 0) is 57.8 Å². The maximum Gasteiger partial charge on any atom is 0.312 e. The van der Waals surface area contributed by atoms with Crippen molar-refractivity contribution >= 4 is 24.4 Å². The first-order chi connectivity index (χ1) is 14.5. The number of carboxylic acids is 1. The molecule has 30 heavy (non-hydrogen) atoms. The third-order valence-electron chi connectivity index (χ3n) is 6.15. The molecule has 8 heteroatoms. The van der Waals surface area contributed by atoms with Crippen molar-refractivity contribution in [1.82, 2.24) is 0 Å². The molecule has 0 aliphatic heterocycles. The van der Waals surface area contributed by atoms with E-state index in [9.17, 15) is 24.3 Å². The number of hydrogen-bond acceptors (Lipinski definition) is 7. The van der Waals surface area contributed by atoms with E-state index in [1.54, 1.807) is 0 Å². The summed E-state index contributed by atoms with van der Waals surface area (Å²) in [6, 6.07) is 0. The molecule has 0 aromatic rings. The van der Waals surface area contributed by atoms with Gasteiger partial charge in [-0.15, -0.1) is 0 Å². The van der Waals surface area contributed by atoms with Crippen LogP contribution >= 0.6 is 0 Å². The van der Waals surface area contributed by atoms with Crippen LogP contribution in [-0.2, 0) is 33.4 Å².